The molecule has 0 bridgehead atoms. The Morgan fingerprint density at radius 1 is 1.24 bits per heavy atom. The van der Waals surface area contributed by atoms with E-state index in [4.69, 9.17) is 5.11 Å². The quantitative estimate of drug-likeness (QED) is 0.817. The average molecular weight is 366 g/mol. The highest BCUT2D eigenvalue weighted by Gasteiger charge is 2.31. The van der Waals surface area contributed by atoms with Crippen molar-refractivity contribution in [1.29, 1.82) is 0 Å². The second kappa shape index (κ2) is 7.45. The molecule has 1 aromatic carbocycles. The van der Waals surface area contributed by atoms with Gasteiger partial charge in [-0.2, -0.15) is 11.8 Å². The van der Waals surface area contributed by atoms with E-state index in [-0.39, 0.29) is 13.0 Å². The van der Waals surface area contributed by atoms with Crippen LogP contribution in [0.2, 0.25) is 0 Å². The van der Waals surface area contributed by atoms with Gasteiger partial charge < -0.3 is 14.8 Å². The zero-order valence-corrected chi connectivity index (χ0v) is 14.3. The maximum atomic E-state index is 13.7. The first-order valence-electron chi connectivity index (χ1n) is 8.02. The molecule has 2 aromatic rings. The lowest BCUT2D eigenvalue weighted by molar-refractivity contribution is -0.143. The lowest BCUT2D eigenvalue weighted by atomic mass is 10.0. The first-order valence-corrected chi connectivity index (χ1v) is 9.17. The fraction of sp³-hybridized carbons (Fsp3) is 0.412. The highest BCUT2D eigenvalue weighted by atomic mass is 32.2. The van der Waals surface area contributed by atoms with Crippen LogP contribution in [0.15, 0.2) is 24.4 Å². The Labute approximate surface area is 148 Å². The van der Waals surface area contributed by atoms with Crippen LogP contribution in [-0.4, -0.2) is 56.2 Å². The summed E-state index contributed by atoms with van der Waals surface area (Å²) in [6.07, 6.45) is 1.55. The van der Waals surface area contributed by atoms with Crippen LogP contribution in [-0.2, 0) is 16.1 Å². The van der Waals surface area contributed by atoms with Gasteiger partial charge in [-0.3, -0.25) is 14.5 Å². The number of nitrogens with zero attached hydrogens (tertiary/aromatic N) is 2. The fourth-order valence-electron chi connectivity index (χ4n) is 3.23. The van der Waals surface area contributed by atoms with Crippen LogP contribution in [0.3, 0.4) is 0 Å². The second-order valence-electron chi connectivity index (χ2n) is 5.97. The van der Waals surface area contributed by atoms with Gasteiger partial charge in [-0.05, 0) is 18.2 Å². The molecule has 0 radical (unpaired) electrons. The van der Waals surface area contributed by atoms with Crippen LogP contribution in [0, 0.1) is 5.82 Å². The van der Waals surface area contributed by atoms with Crippen molar-refractivity contribution in [2.45, 2.75) is 19.0 Å². The third kappa shape index (κ3) is 3.80. The van der Waals surface area contributed by atoms with E-state index in [1.54, 1.807) is 28.6 Å². The maximum absolute atomic E-state index is 13.7. The third-order valence-electron chi connectivity index (χ3n) is 4.38. The molecule has 25 heavy (non-hydrogen) atoms. The number of thioether (sulfide) groups is 1. The molecule has 134 valence electrons. The number of hydrogen-bond donors (Lipinski definition) is 2. The molecular weight excluding hydrogens is 347 g/mol. The molecule has 1 aliphatic rings. The van der Waals surface area contributed by atoms with Crippen LogP contribution in [0.4, 0.5) is 4.39 Å². The molecule has 2 heterocycles. The molecule has 0 unspecified atom stereocenters. The number of hydrogen-bond acceptors (Lipinski definition) is 4. The molecule has 0 aliphatic carbocycles. The Morgan fingerprint density at radius 2 is 1.96 bits per heavy atom. The average Bonchev–Trinajstić information content (AvgIpc) is 2.91. The van der Waals surface area contributed by atoms with Crippen LogP contribution < -0.4 is 0 Å². The van der Waals surface area contributed by atoms with Gasteiger partial charge in [0, 0.05) is 48.3 Å². The molecule has 0 spiro atoms. The van der Waals surface area contributed by atoms with Crippen LogP contribution in [0.5, 0.6) is 0 Å². The summed E-state index contributed by atoms with van der Waals surface area (Å²) >= 11 is 1.79. The van der Waals surface area contributed by atoms with Gasteiger partial charge in [0.2, 0.25) is 0 Å². The van der Waals surface area contributed by atoms with E-state index in [9.17, 15) is 19.1 Å². The molecule has 2 N–H and O–H groups in total. The summed E-state index contributed by atoms with van der Waals surface area (Å²) in [6, 6.07) is 3.38. The van der Waals surface area contributed by atoms with Gasteiger partial charge in [0.05, 0.1) is 11.9 Å². The van der Waals surface area contributed by atoms with E-state index in [1.807, 2.05) is 4.90 Å². The second-order valence-corrected chi connectivity index (χ2v) is 7.20. The SMILES string of the molecule is O=C(O)CCn1cc([C@@H](C(=O)O)N2CCSCC2)c2ccc(F)cc21. The molecule has 0 amide bonds. The van der Waals surface area contributed by atoms with Crippen LogP contribution in [0.25, 0.3) is 10.9 Å². The number of aliphatic carboxylic acids is 2. The molecule has 8 heteroatoms. The predicted molar refractivity (Wildman–Crippen MR) is 93.4 cm³/mol. The summed E-state index contributed by atoms with van der Waals surface area (Å²) in [6.45, 7) is 1.51. The summed E-state index contributed by atoms with van der Waals surface area (Å²) in [4.78, 5) is 24.8. The third-order valence-corrected chi connectivity index (χ3v) is 5.32. The largest absolute Gasteiger partial charge is 0.481 e. The summed E-state index contributed by atoms with van der Waals surface area (Å²) in [5, 5.41) is 19.4. The van der Waals surface area contributed by atoms with E-state index in [0.29, 0.717) is 29.6 Å². The van der Waals surface area contributed by atoms with Crippen molar-refractivity contribution in [2.24, 2.45) is 0 Å². The van der Waals surface area contributed by atoms with Crippen molar-refractivity contribution in [3.8, 4) is 0 Å². The van der Waals surface area contributed by atoms with Crippen LogP contribution >= 0.6 is 11.8 Å². The zero-order chi connectivity index (χ0) is 18.0. The smallest absolute Gasteiger partial charge is 0.325 e. The Hall–Kier alpha value is -2.06. The number of carboxylic acid groups (broad SMARTS) is 2. The molecule has 1 saturated heterocycles. The molecular formula is C17H19FN2O4S. The van der Waals surface area contributed by atoms with Gasteiger partial charge in [0.15, 0.2) is 0 Å². The van der Waals surface area contributed by atoms with Gasteiger partial charge in [0.1, 0.15) is 11.9 Å². The van der Waals surface area contributed by atoms with E-state index in [2.05, 4.69) is 0 Å². The number of halogens is 1. The Morgan fingerprint density at radius 3 is 2.60 bits per heavy atom. The fourth-order valence-corrected chi connectivity index (χ4v) is 4.17. The topological polar surface area (TPSA) is 82.8 Å². The molecule has 1 fully saturated rings. The number of carbonyl (C=O) groups is 2. The van der Waals surface area contributed by atoms with E-state index in [1.165, 1.54) is 12.1 Å². The van der Waals surface area contributed by atoms with Crippen molar-refractivity contribution in [3.05, 3.63) is 35.8 Å². The van der Waals surface area contributed by atoms with Crippen molar-refractivity contribution < 1.29 is 24.2 Å². The Bertz CT molecular complexity index is 801. The van der Waals surface area contributed by atoms with E-state index in [0.717, 1.165) is 11.5 Å². The number of carboxylic acids is 2. The summed E-state index contributed by atoms with van der Waals surface area (Å²) < 4.78 is 15.3. The van der Waals surface area contributed by atoms with Gasteiger partial charge in [-0.1, -0.05) is 0 Å². The van der Waals surface area contributed by atoms with Gasteiger partial charge in [-0.15, -0.1) is 0 Å². The lowest BCUT2D eigenvalue weighted by Crippen LogP contribution is -2.39. The number of fused-ring (bicyclic) bond motifs is 1. The molecule has 1 aromatic heterocycles. The summed E-state index contributed by atoms with van der Waals surface area (Å²) in [5.74, 6) is -0.599. The number of rotatable bonds is 6. The maximum Gasteiger partial charge on any atom is 0.325 e. The highest BCUT2D eigenvalue weighted by Crippen LogP contribution is 2.32. The minimum atomic E-state index is -0.956. The number of aryl methyl sites for hydroxylation is 1. The van der Waals surface area contributed by atoms with Crippen molar-refractivity contribution in [1.82, 2.24) is 9.47 Å². The standard InChI is InChI=1S/C17H19FN2O4S/c18-11-1-2-12-13(10-20(14(12)9-11)4-3-15(21)22)16(17(23)24)19-5-7-25-8-6-19/h1-2,9-10,16H,3-8H2,(H,21,22)(H,23,24)/t16-/m0/s1. The van der Waals surface area contributed by atoms with Gasteiger partial charge >= 0.3 is 11.9 Å². The van der Waals surface area contributed by atoms with Gasteiger partial charge in [-0.25, -0.2) is 4.39 Å². The van der Waals surface area contributed by atoms with E-state index >= 15 is 0 Å². The molecule has 6 nitrogen and oxygen atoms in total. The minimum Gasteiger partial charge on any atom is -0.481 e. The molecule has 0 saturated carbocycles. The zero-order valence-electron chi connectivity index (χ0n) is 13.5. The predicted octanol–water partition coefficient (Wildman–Crippen LogP) is 2.43. The van der Waals surface area contributed by atoms with Crippen molar-refractivity contribution in [2.75, 3.05) is 24.6 Å². The first kappa shape index (κ1) is 17.8. The molecule has 1 atom stereocenters. The molecule has 1 aliphatic heterocycles. The molecule has 3 rings (SSSR count). The van der Waals surface area contributed by atoms with Crippen molar-refractivity contribution in [3.63, 3.8) is 0 Å². The Balaban J connectivity index is 2.06. The van der Waals surface area contributed by atoms with E-state index < -0.39 is 23.8 Å². The normalized spacial score (nSPS) is 16.8. The van der Waals surface area contributed by atoms with Crippen molar-refractivity contribution >= 4 is 34.6 Å². The number of aromatic nitrogens is 1. The van der Waals surface area contributed by atoms with Gasteiger partial charge in [0.25, 0.3) is 0 Å². The summed E-state index contributed by atoms with van der Waals surface area (Å²) in [7, 11) is 0. The van der Waals surface area contributed by atoms with Crippen LogP contribution in [0.1, 0.15) is 18.0 Å². The highest BCUT2D eigenvalue weighted by molar-refractivity contribution is 7.99. The first-order chi connectivity index (χ1) is 12.0. The summed E-state index contributed by atoms with van der Waals surface area (Å²) in [5.41, 5.74) is 1.11. The Kier molecular flexibility index (Phi) is 5.29. The lowest BCUT2D eigenvalue weighted by Gasteiger charge is -2.31. The number of benzene rings is 1. The monoisotopic (exact) mass is 366 g/mol. The minimum absolute atomic E-state index is 0.113.